The molecular weight excluding hydrogens is 727 g/mol. The molecule has 0 N–H and O–H groups in total. The predicted octanol–water partition coefficient (Wildman–Crippen LogP) is 8.72. The summed E-state index contributed by atoms with van der Waals surface area (Å²) in [5.41, 5.74) is 7.04. The maximum Gasteiger partial charge on any atom is 0.271 e. The second-order valence-electron chi connectivity index (χ2n) is 11.4. The molecule has 5 aromatic carbocycles. The molecule has 6 aromatic rings. The minimum atomic E-state index is -0.356. The molecule has 0 radical (unpaired) electrons. The Morgan fingerprint density at radius 2 is 1.65 bits per heavy atom. The maximum atomic E-state index is 14.1. The van der Waals surface area contributed by atoms with Crippen LogP contribution < -0.4 is 19.6 Å². The van der Waals surface area contributed by atoms with Gasteiger partial charge in [-0.3, -0.25) is 9.36 Å². The van der Waals surface area contributed by atoms with Gasteiger partial charge in [0.2, 0.25) is 0 Å². The van der Waals surface area contributed by atoms with E-state index < -0.39 is 0 Å². The van der Waals surface area contributed by atoms with Gasteiger partial charge in [-0.15, -0.1) is 0 Å². The van der Waals surface area contributed by atoms with Crippen LogP contribution in [0.2, 0.25) is 0 Å². The van der Waals surface area contributed by atoms with E-state index in [-0.39, 0.29) is 17.4 Å². The zero-order valence-corrected chi connectivity index (χ0v) is 28.3. The van der Waals surface area contributed by atoms with Gasteiger partial charge < -0.3 is 4.74 Å². The molecule has 46 heavy (non-hydrogen) atoms. The van der Waals surface area contributed by atoms with Crippen LogP contribution in [0, 0.1) is 5.82 Å². The highest BCUT2D eigenvalue weighted by atomic mass is 79.9. The van der Waals surface area contributed by atoms with Crippen molar-refractivity contribution in [3.63, 3.8) is 0 Å². The Labute approximate surface area is 285 Å². The second-order valence-corrected chi connectivity index (χ2v) is 14.1. The normalized spacial score (nSPS) is 15.7. The van der Waals surface area contributed by atoms with Gasteiger partial charge in [-0.2, -0.15) is 0 Å². The summed E-state index contributed by atoms with van der Waals surface area (Å²) in [6.07, 6.45) is 3.54. The Morgan fingerprint density at radius 3 is 2.48 bits per heavy atom. The molecule has 0 fully saturated rings. The highest BCUT2D eigenvalue weighted by Gasteiger charge is 2.32. The van der Waals surface area contributed by atoms with E-state index in [1.807, 2.05) is 42.5 Å². The van der Waals surface area contributed by atoms with Crippen LogP contribution in [0.25, 0.3) is 22.5 Å². The first-order valence-electron chi connectivity index (χ1n) is 14.9. The fraction of sp³-hybridized carbons (Fsp3) is 0.105. The van der Waals surface area contributed by atoms with Crippen LogP contribution in [-0.2, 0) is 13.0 Å². The fourth-order valence-electron chi connectivity index (χ4n) is 6.49. The van der Waals surface area contributed by atoms with Gasteiger partial charge in [0, 0.05) is 5.56 Å². The van der Waals surface area contributed by atoms with Crippen molar-refractivity contribution in [3.05, 3.63) is 171 Å². The number of benzene rings is 5. The predicted molar refractivity (Wildman–Crippen MR) is 189 cm³/mol. The molecule has 0 amide bonds. The number of fused-ring (bicyclic) bond motifs is 4. The highest BCUT2D eigenvalue weighted by Crippen LogP contribution is 2.41. The van der Waals surface area contributed by atoms with Crippen molar-refractivity contribution in [1.29, 1.82) is 0 Å². The largest absolute Gasteiger partial charge is 0.487 e. The van der Waals surface area contributed by atoms with Crippen molar-refractivity contribution in [1.82, 2.24) is 4.57 Å². The van der Waals surface area contributed by atoms with Gasteiger partial charge in [-0.05, 0) is 114 Å². The number of thiazole rings is 1. The number of aromatic nitrogens is 1. The molecule has 1 aliphatic heterocycles. The maximum absolute atomic E-state index is 14.1. The fourth-order valence-corrected chi connectivity index (χ4v) is 8.94. The first-order valence-corrected chi connectivity index (χ1v) is 17.3. The Morgan fingerprint density at radius 1 is 0.913 bits per heavy atom. The molecule has 226 valence electrons. The lowest BCUT2D eigenvalue weighted by Crippen LogP contribution is -2.38. The van der Waals surface area contributed by atoms with Crippen LogP contribution in [0.1, 0.15) is 40.3 Å². The minimum absolute atomic E-state index is 0.119. The third-order valence-electron chi connectivity index (χ3n) is 8.63. The van der Waals surface area contributed by atoms with Crippen LogP contribution in [0.15, 0.2) is 127 Å². The summed E-state index contributed by atoms with van der Waals surface area (Å²) in [7, 11) is 0. The van der Waals surface area contributed by atoms with Gasteiger partial charge in [0.1, 0.15) is 18.2 Å². The molecule has 1 unspecified atom stereocenters. The third kappa shape index (κ3) is 5.18. The number of hydrogen-bond donors (Lipinski definition) is 0. The standard InChI is InChI=1S/C38H25Br2FN2O2S/c39-31-18-22(19-32(40)36(31)45-21-26-9-5-8-23-6-1-3-10-28(23)26)20-33-37(44)43-35(25-12-15-27(41)16-13-25)30-17-14-24-7-2-4-11-29(24)34(30)42-38(43)46-33/h1-13,15-16,18-20,35H,14,17,21H2. The van der Waals surface area contributed by atoms with Crippen molar-refractivity contribution in [3.8, 4) is 5.75 Å². The van der Waals surface area contributed by atoms with Crippen LogP contribution in [0.3, 0.4) is 0 Å². The van der Waals surface area contributed by atoms with E-state index in [1.165, 1.54) is 34.4 Å². The lowest BCUT2D eigenvalue weighted by molar-refractivity contribution is 0.303. The topological polar surface area (TPSA) is 43.6 Å². The first kappa shape index (κ1) is 29.3. The number of allylic oxidation sites excluding steroid dienone is 1. The quantitative estimate of drug-likeness (QED) is 0.177. The summed E-state index contributed by atoms with van der Waals surface area (Å²) in [6, 6.07) is 32.8. The van der Waals surface area contributed by atoms with Gasteiger partial charge in [-0.25, -0.2) is 9.38 Å². The molecule has 1 aromatic heterocycles. The van der Waals surface area contributed by atoms with Gasteiger partial charge >= 0.3 is 0 Å². The van der Waals surface area contributed by atoms with E-state index >= 15 is 0 Å². The lowest BCUT2D eigenvalue weighted by atomic mass is 9.83. The van der Waals surface area contributed by atoms with Gasteiger partial charge in [0.05, 0.1) is 25.2 Å². The van der Waals surface area contributed by atoms with Crippen LogP contribution in [-0.4, -0.2) is 4.57 Å². The Balaban J connectivity index is 1.19. The average Bonchev–Trinajstić information content (AvgIpc) is 3.37. The molecule has 0 spiro atoms. The molecule has 8 heteroatoms. The first-order chi connectivity index (χ1) is 22.4. The number of aryl methyl sites for hydroxylation is 1. The second kappa shape index (κ2) is 11.9. The summed E-state index contributed by atoms with van der Waals surface area (Å²) in [5.74, 6) is 0.384. The van der Waals surface area contributed by atoms with Crippen molar-refractivity contribution in [2.24, 2.45) is 4.99 Å². The van der Waals surface area contributed by atoms with E-state index in [0.29, 0.717) is 21.7 Å². The van der Waals surface area contributed by atoms with Crippen molar-refractivity contribution in [2.45, 2.75) is 25.5 Å². The van der Waals surface area contributed by atoms with E-state index in [9.17, 15) is 9.18 Å². The number of rotatable bonds is 5. The van der Waals surface area contributed by atoms with E-state index in [0.717, 1.165) is 60.7 Å². The van der Waals surface area contributed by atoms with E-state index in [2.05, 4.69) is 74.3 Å². The average molecular weight is 753 g/mol. The monoisotopic (exact) mass is 750 g/mol. The summed E-state index contributed by atoms with van der Waals surface area (Å²) >= 11 is 8.78. The Hall–Kier alpha value is -4.11. The van der Waals surface area contributed by atoms with Crippen LogP contribution >= 0.6 is 43.2 Å². The summed E-state index contributed by atoms with van der Waals surface area (Å²) < 4.78 is 24.2. The zero-order valence-electron chi connectivity index (χ0n) is 24.3. The number of nitrogens with zero attached hydrogens (tertiary/aromatic N) is 2. The molecular formula is C38H25Br2FN2O2S. The minimum Gasteiger partial charge on any atom is -0.487 e. The third-order valence-corrected chi connectivity index (χ3v) is 10.8. The molecule has 0 saturated carbocycles. The number of halogens is 3. The van der Waals surface area contributed by atoms with E-state index in [1.54, 1.807) is 16.7 Å². The van der Waals surface area contributed by atoms with Crippen LogP contribution in [0.4, 0.5) is 4.39 Å². The van der Waals surface area contributed by atoms with Crippen LogP contribution in [0.5, 0.6) is 5.75 Å². The SMILES string of the molecule is O=c1c(=Cc2cc(Br)c(OCc3cccc4ccccc34)c(Br)c2)sc2n1C(c1ccc(F)cc1)C1=C(N=2)c2ccccc2CC1. The molecule has 2 heterocycles. The summed E-state index contributed by atoms with van der Waals surface area (Å²) in [5, 5.41) is 2.33. The van der Waals surface area contributed by atoms with Gasteiger partial charge in [0.15, 0.2) is 4.80 Å². The molecule has 1 aliphatic carbocycles. The number of hydrogen-bond acceptors (Lipinski definition) is 4. The van der Waals surface area contributed by atoms with Gasteiger partial charge in [0.25, 0.3) is 5.56 Å². The smallest absolute Gasteiger partial charge is 0.271 e. The number of ether oxygens (including phenoxy) is 1. The molecule has 0 saturated heterocycles. The molecule has 8 rings (SSSR count). The zero-order chi connectivity index (χ0) is 31.4. The summed E-state index contributed by atoms with van der Waals surface area (Å²) in [6.45, 7) is 0.410. The molecule has 2 aliphatic rings. The van der Waals surface area contributed by atoms with E-state index in [4.69, 9.17) is 9.73 Å². The Kier molecular flexibility index (Phi) is 7.59. The lowest BCUT2D eigenvalue weighted by Gasteiger charge is -2.30. The highest BCUT2D eigenvalue weighted by molar-refractivity contribution is 9.11. The van der Waals surface area contributed by atoms with Crippen molar-refractivity contribution < 1.29 is 9.13 Å². The van der Waals surface area contributed by atoms with Crippen molar-refractivity contribution >= 4 is 65.7 Å². The summed E-state index contributed by atoms with van der Waals surface area (Å²) in [4.78, 5) is 19.8. The van der Waals surface area contributed by atoms with Crippen molar-refractivity contribution in [2.75, 3.05) is 0 Å². The Bertz CT molecular complexity index is 2370. The molecule has 0 bridgehead atoms. The molecule has 1 atom stereocenters. The molecule has 4 nitrogen and oxygen atoms in total. The van der Waals surface area contributed by atoms with Gasteiger partial charge in [-0.1, -0.05) is 90.2 Å².